The molecule has 0 saturated carbocycles. The van der Waals surface area contributed by atoms with E-state index in [1.807, 2.05) is 0 Å². The first kappa shape index (κ1) is 47.8. The van der Waals surface area contributed by atoms with Crippen LogP contribution in [0.1, 0.15) is 194 Å². The van der Waals surface area contributed by atoms with Crippen LogP contribution in [0.2, 0.25) is 0 Å². The maximum Gasteiger partial charge on any atom is 0.472 e. The zero-order valence-corrected chi connectivity index (χ0v) is 32.6. The van der Waals surface area contributed by atoms with Gasteiger partial charge in [-0.3, -0.25) is 18.6 Å². The predicted octanol–water partition coefficient (Wildman–Crippen LogP) is 11.1. The van der Waals surface area contributed by atoms with E-state index >= 15 is 0 Å². The SMILES string of the molecule is CCCCC/C=C\CCCCCCCC(=O)OC[C@H](COP(=O)(O)OCCN)OC(=O)CCCCCCCCCCCCCCCCCC. The molecule has 0 spiro atoms. The molecule has 9 nitrogen and oxygen atoms in total. The summed E-state index contributed by atoms with van der Waals surface area (Å²) in [7, 11) is -4.37. The molecule has 0 radical (unpaired) electrons. The summed E-state index contributed by atoms with van der Waals surface area (Å²) < 4.78 is 32.7. The van der Waals surface area contributed by atoms with Crippen LogP contribution < -0.4 is 5.73 Å². The van der Waals surface area contributed by atoms with E-state index in [2.05, 4.69) is 26.0 Å². The number of phosphoric ester groups is 1. The van der Waals surface area contributed by atoms with Crippen molar-refractivity contribution < 1.29 is 37.6 Å². The maximum absolute atomic E-state index is 12.5. The number of carbonyl (C=O) groups excluding carboxylic acids is 2. The zero-order valence-electron chi connectivity index (χ0n) is 31.7. The standard InChI is InChI=1S/C39H76NO8P/c1-3-5-7-9-11-13-15-17-18-19-20-22-24-26-28-30-32-39(42)48-37(36-47-49(43,44)46-34-33-40)35-45-38(41)31-29-27-25-23-21-16-14-12-10-8-6-4-2/h12,14,37H,3-11,13,15-36,40H2,1-2H3,(H,43,44)/b14-12-/t37-/m1/s1. The highest BCUT2D eigenvalue weighted by Crippen LogP contribution is 2.43. The molecule has 0 aliphatic heterocycles. The van der Waals surface area contributed by atoms with Crippen molar-refractivity contribution in [3.8, 4) is 0 Å². The van der Waals surface area contributed by atoms with E-state index in [0.29, 0.717) is 6.42 Å². The van der Waals surface area contributed by atoms with E-state index in [-0.39, 0.29) is 38.6 Å². The highest BCUT2D eigenvalue weighted by molar-refractivity contribution is 7.47. The van der Waals surface area contributed by atoms with Crippen LogP contribution in [0.3, 0.4) is 0 Å². The fourth-order valence-electron chi connectivity index (χ4n) is 5.63. The Bertz CT molecular complexity index is 825. The molecule has 0 aliphatic rings. The van der Waals surface area contributed by atoms with Gasteiger partial charge in [0.25, 0.3) is 0 Å². The lowest BCUT2D eigenvalue weighted by Gasteiger charge is -2.19. The quantitative estimate of drug-likeness (QED) is 0.0277. The Labute approximate surface area is 300 Å². The van der Waals surface area contributed by atoms with Gasteiger partial charge in [0.05, 0.1) is 13.2 Å². The van der Waals surface area contributed by atoms with Crippen molar-refractivity contribution in [2.75, 3.05) is 26.4 Å². The first-order valence-electron chi connectivity index (χ1n) is 20.2. The summed E-state index contributed by atoms with van der Waals surface area (Å²) in [6, 6.07) is 0. The molecule has 10 heteroatoms. The molecule has 0 heterocycles. The van der Waals surface area contributed by atoms with Gasteiger partial charge in [0.2, 0.25) is 0 Å². The molecule has 0 aliphatic carbocycles. The van der Waals surface area contributed by atoms with Crippen molar-refractivity contribution in [3.05, 3.63) is 12.2 Å². The summed E-state index contributed by atoms with van der Waals surface area (Å²) in [5.41, 5.74) is 5.33. The van der Waals surface area contributed by atoms with Gasteiger partial charge >= 0.3 is 19.8 Å². The van der Waals surface area contributed by atoms with Crippen molar-refractivity contribution in [1.82, 2.24) is 0 Å². The molecule has 49 heavy (non-hydrogen) atoms. The fourth-order valence-corrected chi connectivity index (χ4v) is 6.39. The number of allylic oxidation sites excluding steroid dienone is 2. The van der Waals surface area contributed by atoms with Crippen molar-refractivity contribution in [2.24, 2.45) is 5.73 Å². The van der Waals surface area contributed by atoms with E-state index in [9.17, 15) is 19.0 Å². The molecule has 0 fully saturated rings. The van der Waals surface area contributed by atoms with E-state index in [1.165, 1.54) is 109 Å². The van der Waals surface area contributed by atoms with Crippen molar-refractivity contribution in [3.63, 3.8) is 0 Å². The van der Waals surface area contributed by atoms with Crippen LogP contribution in [0.4, 0.5) is 0 Å². The third-order valence-electron chi connectivity index (χ3n) is 8.65. The first-order valence-corrected chi connectivity index (χ1v) is 21.7. The van der Waals surface area contributed by atoms with Gasteiger partial charge in [0.15, 0.2) is 6.10 Å². The van der Waals surface area contributed by atoms with Crippen LogP contribution in [0.5, 0.6) is 0 Å². The molecule has 0 aromatic rings. The van der Waals surface area contributed by atoms with Gasteiger partial charge in [-0.25, -0.2) is 4.57 Å². The van der Waals surface area contributed by atoms with E-state index in [0.717, 1.165) is 51.4 Å². The Morgan fingerprint density at radius 3 is 1.49 bits per heavy atom. The second kappa shape index (κ2) is 36.5. The molecular weight excluding hydrogens is 641 g/mol. The summed E-state index contributed by atoms with van der Waals surface area (Å²) in [5, 5.41) is 0. The van der Waals surface area contributed by atoms with Gasteiger partial charge in [-0.15, -0.1) is 0 Å². The van der Waals surface area contributed by atoms with Crippen molar-refractivity contribution in [2.45, 2.75) is 200 Å². The summed E-state index contributed by atoms with van der Waals surface area (Å²) >= 11 is 0. The van der Waals surface area contributed by atoms with Crippen LogP contribution in [-0.2, 0) is 32.7 Å². The minimum absolute atomic E-state index is 0.0550. The number of nitrogens with two attached hydrogens (primary N) is 1. The summed E-state index contributed by atoms with van der Waals surface area (Å²) in [4.78, 5) is 34.7. The summed E-state index contributed by atoms with van der Waals surface area (Å²) in [5.74, 6) is -0.832. The molecule has 2 atom stereocenters. The smallest absolute Gasteiger partial charge is 0.462 e. The largest absolute Gasteiger partial charge is 0.472 e. The normalized spacial score (nSPS) is 13.5. The van der Waals surface area contributed by atoms with Gasteiger partial charge < -0.3 is 20.1 Å². The Morgan fingerprint density at radius 1 is 0.592 bits per heavy atom. The van der Waals surface area contributed by atoms with Gasteiger partial charge in [-0.1, -0.05) is 154 Å². The van der Waals surface area contributed by atoms with E-state index in [1.54, 1.807) is 0 Å². The average molecular weight is 718 g/mol. The maximum atomic E-state index is 12.5. The number of esters is 2. The Kier molecular flexibility index (Phi) is 35.6. The molecule has 0 saturated heterocycles. The Balaban J connectivity index is 4.16. The number of unbranched alkanes of at least 4 members (excludes halogenated alkanes) is 23. The second-order valence-electron chi connectivity index (χ2n) is 13.5. The van der Waals surface area contributed by atoms with Crippen molar-refractivity contribution in [1.29, 1.82) is 0 Å². The first-order chi connectivity index (χ1) is 23.8. The van der Waals surface area contributed by atoms with Crippen molar-refractivity contribution >= 4 is 19.8 Å². The lowest BCUT2D eigenvalue weighted by molar-refractivity contribution is -0.161. The minimum atomic E-state index is -4.37. The number of hydrogen-bond donors (Lipinski definition) is 2. The average Bonchev–Trinajstić information content (AvgIpc) is 3.08. The number of hydrogen-bond acceptors (Lipinski definition) is 8. The van der Waals surface area contributed by atoms with Crippen LogP contribution in [-0.4, -0.2) is 49.3 Å². The molecule has 0 aromatic carbocycles. The van der Waals surface area contributed by atoms with Gasteiger partial charge in [0.1, 0.15) is 6.61 Å². The highest BCUT2D eigenvalue weighted by Gasteiger charge is 2.26. The Hall–Kier alpha value is -1.25. The highest BCUT2D eigenvalue weighted by atomic mass is 31.2. The number of carbonyl (C=O) groups is 2. The molecular formula is C39H76NO8P. The van der Waals surface area contributed by atoms with Crippen LogP contribution in [0, 0.1) is 0 Å². The summed E-state index contributed by atoms with van der Waals surface area (Å²) in [6.07, 6.45) is 35.2. The Morgan fingerprint density at radius 2 is 1.00 bits per heavy atom. The molecule has 0 aromatic heterocycles. The molecule has 290 valence electrons. The second-order valence-corrected chi connectivity index (χ2v) is 15.0. The van der Waals surface area contributed by atoms with Gasteiger partial charge in [-0.2, -0.15) is 0 Å². The molecule has 3 N–H and O–H groups in total. The predicted molar refractivity (Wildman–Crippen MR) is 201 cm³/mol. The van der Waals surface area contributed by atoms with Crippen LogP contribution in [0.15, 0.2) is 12.2 Å². The topological polar surface area (TPSA) is 134 Å². The lowest BCUT2D eigenvalue weighted by Crippen LogP contribution is -2.29. The van der Waals surface area contributed by atoms with E-state index < -0.39 is 26.5 Å². The third-order valence-corrected chi connectivity index (χ3v) is 9.64. The monoisotopic (exact) mass is 718 g/mol. The lowest BCUT2D eigenvalue weighted by atomic mass is 10.0. The number of ether oxygens (including phenoxy) is 2. The fraction of sp³-hybridized carbons (Fsp3) is 0.897. The third kappa shape index (κ3) is 36.3. The van der Waals surface area contributed by atoms with Crippen LogP contribution >= 0.6 is 7.82 Å². The number of rotatable bonds is 38. The van der Waals surface area contributed by atoms with Gasteiger partial charge in [0, 0.05) is 19.4 Å². The minimum Gasteiger partial charge on any atom is -0.462 e. The summed E-state index contributed by atoms with van der Waals surface area (Å²) in [6.45, 7) is 3.71. The molecule has 0 bridgehead atoms. The molecule has 0 amide bonds. The van der Waals surface area contributed by atoms with E-state index in [4.69, 9.17) is 24.3 Å². The van der Waals surface area contributed by atoms with Crippen LogP contribution in [0.25, 0.3) is 0 Å². The van der Waals surface area contributed by atoms with Gasteiger partial charge in [-0.05, 0) is 38.5 Å². The zero-order chi connectivity index (χ0) is 36.1. The molecule has 0 rings (SSSR count). The number of phosphoric acid groups is 1. The molecule has 1 unspecified atom stereocenters.